The van der Waals surface area contributed by atoms with Gasteiger partial charge in [0.05, 0.1) is 0 Å². The van der Waals surface area contributed by atoms with Crippen LogP contribution in [0.2, 0.25) is 0 Å². The van der Waals surface area contributed by atoms with Crippen molar-refractivity contribution in [2.75, 3.05) is 0 Å². The van der Waals surface area contributed by atoms with Crippen LogP contribution in [0.25, 0.3) is 0 Å². The van der Waals surface area contributed by atoms with Gasteiger partial charge in [0.15, 0.2) is 0 Å². The van der Waals surface area contributed by atoms with E-state index < -0.39 is 0 Å². The maximum absolute atomic E-state index is 4.45. The minimum absolute atomic E-state index is 0.201. The molecule has 0 N–H and O–H groups in total. The van der Waals surface area contributed by atoms with Gasteiger partial charge in [0.25, 0.3) is 0 Å². The first kappa shape index (κ1) is 15.2. The molecule has 0 aliphatic rings. The third-order valence-electron chi connectivity index (χ3n) is 3.69. The second-order valence-electron chi connectivity index (χ2n) is 6.32. The maximum Gasteiger partial charge on any atom is 0.0476 e. The summed E-state index contributed by atoms with van der Waals surface area (Å²) < 4.78 is 0. The molecule has 0 amide bonds. The first-order valence-electron chi connectivity index (χ1n) is 7.05. The van der Waals surface area contributed by atoms with E-state index in [0.717, 1.165) is 5.69 Å². The van der Waals surface area contributed by atoms with Gasteiger partial charge in [0.2, 0.25) is 0 Å². The Kier molecular flexibility index (Phi) is 4.64. The fourth-order valence-electron chi connectivity index (χ4n) is 2.25. The smallest absolute Gasteiger partial charge is 0.0476 e. The van der Waals surface area contributed by atoms with Crippen LogP contribution in [0.4, 0.5) is 0 Å². The van der Waals surface area contributed by atoms with Gasteiger partial charge in [-0.1, -0.05) is 74.0 Å². The summed E-state index contributed by atoms with van der Waals surface area (Å²) in [5.41, 5.74) is 3.99. The van der Waals surface area contributed by atoms with Crippen molar-refractivity contribution in [3.05, 3.63) is 65.5 Å². The number of pyridine rings is 1. The van der Waals surface area contributed by atoms with Gasteiger partial charge < -0.3 is 0 Å². The summed E-state index contributed by atoms with van der Waals surface area (Å²) in [6, 6.07) is 15.0. The minimum atomic E-state index is 0.201. The SMILES string of the molecule is CC(c1ccccn1)C(Br)c1ccc(C(C)(C)C)cc1. The van der Waals surface area contributed by atoms with Crippen LogP contribution in [0, 0.1) is 0 Å². The molecule has 1 aromatic carbocycles. The fraction of sp³-hybridized carbons (Fsp3) is 0.389. The molecule has 1 nitrogen and oxygen atoms in total. The third kappa shape index (κ3) is 3.49. The first-order chi connectivity index (χ1) is 9.39. The molecule has 1 aromatic heterocycles. The lowest BCUT2D eigenvalue weighted by molar-refractivity contribution is 0.589. The molecule has 2 unspecified atom stereocenters. The number of hydrogen-bond acceptors (Lipinski definition) is 1. The molecule has 2 rings (SSSR count). The van der Waals surface area contributed by atoms with E-state index in [1.165, 1.54) is 11.1 Å². The standard InChI is InChI=1S/C18H22BrN/c1-13(16-7-5-6-12-20-16)17(19)14-8-10-15(11-9-14)18(2,3)4/h5-13,17H,1-4H3. The minimum Gasteiger partial charge on any atom is -0.261 e. The molecular weight excluding hydrogens is 310 g/mol. The van der Waals surface area contributed by atoms with Crippen LogP contribution >= 0.6 is 15.9 Å². The van der Waals surface area contributed by atoms with Gasteiger partial charge in [-0.15, -0.1) is 0 Å². The van der Waals surface area contributed by atoms with Crippen molar-refractivity contribution in [3.63, 3.8) is 0 Å². The highest BCUT2D eigenvalue weighted by atomic mass is 79.9. The lowest BCUT2D eigenvalue weighted by atomic mass is 9.86. The molecule has 20 heavy (non-hydrogen) atoms. The lowest BCUT2D eigenvalue weighted by Gasteiger charge is -2.22. The average molecular weight is 332 g/mol. The largest absolute Gasteiger partial charge is 0.261 e. The van der Waals surface area contributed by atoms with E-state index >= 15 is 0 Å². The molecule has 0 spiro atoms. The molecule has 2 atom stereocenters. The average Bonchev–Trinajstić information content (AvgIpc) is 2.46. The number of hydrogen-bond donors (Lipinski definition) is 0. The monoisotopic (exact) mass is 331 g/mol. The second kappa shape index (κ2) is 6.09. The van der Waals surface area contributed by atoms with E-state index in [4.69, 9.17) is 0 Å². The van der Waals surface area contributed by atoms with Crippen molar-refractivity contribution in [3.8, 4) is 0 Å². The molecule has 2 aromatic rings. The van der Waals surface area contributed by atoms with Crippen LogP contribution in [0.15, 0.2) is 48.7 Å². The summed E-state index contributed by atoms with van der Waals surface area (Å²) in [5, 5.41) is 0. The topological polar surface area (TPSA) is 12.9 Å². The number of aromatic nitrogens is 1. The van der Waals surface area contributed by atoms with Crippen molar-refractivity contribution in [2.24, 2.45) is 0 Å². The van der Waals surface area contributed by atoms with Crippen molar-refractivity contribution < 1.29 is 0 Å². The van der Waals surface area contributed by atoms with Crippen LogP contribution < -0.4 is 0 Å². The van der Waals surface area contributed by atoms with Crippen LogP contribution in [0.5, 0.6) is 0 Å². The van der Waals surface area contributed by atoms with E-state index in [1.807, 2.05) is 18.3 Å². The van der Waals surface area contributed by atoms with Gasteiger partial charge in [-0.25, -0.2) is 0 Å². The predicted molar refractivity (Wildman–Crippen MR) is 89.5 cm³/mol. The van der Waals surface area contributed by atoms with E-state index in [-0.39, 0.29) is 10.2 Å². The zero-order valence-corrected chi connectivity index (χ0v) is 14.2. The van der Waals surface area contributed by atoms with Crippen LogP contribution in [0.1, 0.15) is 55.3 Å². The van der Waals surface area contributed by atoms with Gasteiger partial charge in [-0.2, -0.15) is 0 Å². The second-order valence-corrected chi connectivity index (χ2v) is 7.30. The molecule has 0 aliphatic carbocycles. The van der Waals surface area contributed by atoms with E-state index in [0.29, 0.717) is 5.92 Å². The number of halogens is 1. The normalized spacial score (nSPS) is 14.8. The Hall–Kier alpha value is -1.15. The molecule has 0 saturated heterocycles. The summed E-state index contributed by atoms with van der Waals surface area (Å²) in [7, 11) is 0. The zero-order valence-electron chi connectivity index (χ0n) is 12.6. The quantitative estimate of drug-likeness (QED) is 0.665. The zero-order chi connectivity index (χ0) is 14.8. The molecule has 1 heterocycles. The predicted octanol–water partition coefficient (Wildman–Crippen LogP) is 5.62. The Morgan fingerprint density at radius 3 is 2.15 bits per heavy atom. The van der Waals surface area contributed by atoms with Crippen LogP contribution in [-0.2, 0) is 5.41 Å². The molecule has 0 radical (unpaired) electrons. The molecule has 0 aliphatic heterocycles. The van der Waals surface area contributed by atoms with Crippen molar-refractivity contribution in [1.29, 1.82) is 0 Å². The van der Waals surface area contributed by atoms with Gasteiger partial charge >= 0.3 is 0 Å². The Morgan fingerprint density at radius 1 is 1.00 bits per heavy atom. The summed E-state index contributed by atoms with van der Waals surface area (Å²) in [6.45, 7) is 8.93. The van der Waals surface area contributed by atoms with E-state index in [9.17, 15) is 0 Å². The number of benzene rings is 1. The first-order valence-corrected chi connectivity index (χ1v) is 7.96. The Bertz CT molecular complexity index is 540. The summed E-state index contributed by atoms with van der Waals surface area (Å²) in [4.78, 5) is 4.74. The van der Waals surface area contributed by atoms with Crippen molar-refractivity contribution >= 4 is 15.9 Å². The van der Waals surface area contributed by atoms with E-state index in [1.54, 1.807) is 0 Å². The van der Waals surface area contributed by atoms with Crippen LogP contribution in [-0.4, -0.2) is 4.98 Å². The Labute approximate surface area is 130 Å². The maximum atomic E-state index is 4.45. The van der Waals surface area contributed by atoms with Crippen molar-refractivity contribution in [1.82, 2.24) is 4.98 Å². The number of alkyl halides is 1. The molecule has 0 saturated carbocycles. The van der Waals surface area contributed by atoms with E-state index in [2.05, 4.69) is 78.9 Å². The van der Waals surface area contributed by atoms with Gasteiger partial charge in [-0.05, 0) is 28.7 Å². The van der Waals surface area contributed by atoms with Gasteiger partial charge in [0, 0.05) is 22.6 Å². The molecule has 0 fully saturated rings. The summed E-state index contributed by atoms with van der Waals surface area (Å²) in [5.74, 6) is 0.344. The highest BCUT2D eigenvalue weighted by molar-refractivity contribution is 9.09. The Morgan fingerprint density at radius 2 is 1.65 bits per heavy atom. The van der Waals surface area contributed by atoms with Gasteiger partial charge in [0.1, 0.15) is 0 Å². The van der Waals surface area contributed by atoms with Crippen LogP contribution in [0.3, 0.4) is 0 Å². The highest BCUT2D eigenvalue weighted by Crippen LogP contribution is 2.37. The lowest BCUT2D eigenvalue weighted by Crippen LogP contribution is -2.11. The number of nitrogens with zero attached hydrogens (tertiary/aromatic N) is 1. The Balaban J connectivity index is 2.19. The summed E-state index contributed by atoms with van der Waals surface area (Å²) >= 11 is 3.82. The summed E-state index contributed by atoms with van der Waals surface area (Å²) in [6.07, 6.45) is 1.86. The molecular formula is C18H22BrN. The number of rotatable bonds is 3. The third-order valence-corrected chi connectivity index (χ3v) is 5.01. The molecule has 2 heteroatoms. The molecule has 106 valence electrons. The fourth-order valence-corrected chi connectivity index (χ4v) is 2.83. The van der Waals surface area contributed by atoms with Crippen molar-refractivity contribution in [2.45, 2.75) is 43.9 Å². The van der Waals surface area contributed by atoms with Gasteiger partial charge in [-0.3, -0.25) is 4.98 Å². The molecule has 0 bridgehead atoms. The highest BCUT2D eigenvalue weighted by Gasteiger charge is 2.20.